The van der Waals surface area contributed by atoms with Gasteiger partial charge in [-0.25, -0.2) is 0 Å². The van der Waals surface area contributed by atoms with Gasteiger partial charge in [-0.05, 0) is 74.4 Å². The Hall–Kier alpha value is -2.35. The number of benzene rings is 1. The average molecular weight is 542 g/mol. The van der Waals surface area contributed by atoms with Crippen LogP contribution in [-0.4, -0.2) is 64.0 Å². The van der Waals surface area contributed by atoms with Gasteiger partial charge in [0.15, 0.2) is 0 Å². The lowest BCUT2D eigenvalue weighted by Crippen LogP contribution is -2.75. The maximum atomic E-state index is 13.8. The zero-order valence-electron chi connectivity index (χ0n) is 22.3. The molecule has 1 aromatic heterocycles. The van der Waals surface area contributed by atoms with E-state index < -0.39 is 17.7 Å². The third kappa shape index (κ3) is 5.51. The Morgan fingerprint density at radius 2 is 1.79 bits per heavy atom. The number of likely N-dealkylation sites (tertiary alicyclic amines) is 1. The minimum Gasteiger partial charge on any atom is -0.460 e. The average Bonchev–Trinajstić information content (AvgIpc) is 3.41. The highest BCUT2D eigenvalue weighted by molar-refractivity contribution is 6.30. The second kappa shape index (κ2) is 11.8. The Balaban J connectivity index is 1.26. The number of hydrogen-bond donors (Lipinski definition) is 2. The first-order valence-corrected chi connectivity index (χ1v) is 14.7. The maximum absolute atomic E-state index is 13.8. The van der Waals surface area contributed by atoms with Crippen LogP contribution < -0.4 is 5.32 Å². The van der Waals surface area contributed by atoms with Gasteiger partial charge in [0.05, 0.1) is 12.6 Å². The molecule has 2 amide bonds. The Kier molecular flexibility index (Phi) is 8.46. The molecule has 206 valence electrons. The molecule has 3 heterocycles. The number of nitrogens with one attached hydrogen (secondary N) is 1. The minimum absolute atomic E-state index is 0.0768. The summed E-state index contributed by atoms with van der Waals surface area (Å²) in [6, 6.07) is 10.7. The summed E-state index contributed by atoms with van der Waals surface area (Å²) in [4.78, 5) is 31.6. The van der Waals surface area contributed by atoms with Crippen LogP contribution in [0.15, 0.2) is 40.8 Å². The molecule has 1 aromatic carbocycles. The molecule has 2 atom stereocenters. The molecule has 0 unspecified atom stereocenters. The molecular weight excluding hydrogens is 502 g/mol. The van der Waals surface area contributed by atoms with Crippen LogP contribution in [-0.2, 0) is 16.1 Å². The van der Waals surface area contributed by atoms with Gasteiger partial charge in [-0.1, -0.05) is 44.2 Å². The molecule has 0 radical (unpaired) electrons. The zero-order valence-corrected chi connectivity index (χ0v) is 23.1. The first kappa shape index (κ1) is 27.2. The Bertz CT molecular complexity index is 1100. The summed E-state index contributed by atoms with van der Waals surface area (Å²) in [5.41, 5.74) is 0.135. The summed E-state index contributed by atoms with van der Waals surface area (Å²) in [5.74, 6) is 1.54. The number of hydrogen-bond acceptors (Lipinski definition) is 5. The molecule has 2 saturated heterocycles. The molecule has 1 spiro atoms. The van der Waals surface area contributed by atoms with E-state index in [1.165, 1.54) is 6.42 Å². The largest absolute Gasteiger partial charge is 0.460 e. The maximum Gasteiger partial charge on any atom is 0.248 e. The van der Waals surface area contributed by atoms with Crippen LogP contribution in [0.4, 0.5) is 0 Å². The number of amides is 2. The predicted octanol–water partition coefficient (Wildman–Crippen LogP) is 5.00. The van der Waals surface area contributed by atoms with Crippen molar-refractivity contribution in [3.63, 3.8) is 0 Å². The van der Waals surface area contributed by atoms with E-state index in [9.17, 15) is 14.7 Å². The Morgan fingerprint density at radius 1 is 1.08 bits per heavy atom. The molecule has 2 aromatic rings. The van der Waals surface area contributed by atoms with E-state index in [4.69, 9.17) is 16.0 Å². The third-order valence-electron chi connectivity index (χ3n) is 8.82. The minimum atomic E-state index is -0.844. The van der Waals surface area contributed by atoms with E-state index in [0.717, 1.165) is 55.6 Å². The van der Waals surface area contributed by atoms with E-state index in [0.29, 0.717) is 44.0 Å². The van der Waals surface area contributed by atoms with E-state index >= 15 is 0 Å². The van der Waals surface area contributed by atoms with E-state index in [-0.39, 0.29) is 17.7 Å². The molecule has 0 bridgehead atoms. The normalized spacial score (nSPS) is 23.6. The van der Waals surface area contributed by atoms with Crippen molar-refractivity contribution in [3.05, 3.63) is 47.2 Å². The topological polar surface area (TPSA) is 86.0 Å². The number of aliphatic hydroxyl groups is 1. The summed E-state index contributed by atoms with van der Waals surface area (Å²) in [7, 11) is 0. The monoisotopic (exact) mass is 541 g/mol. The highest BCUT2D eigenvalue weighted by Crippen LogP contribution is 2.36. The SMILES string of the molecule is CCCCN1C(=O)[C@@H]([C@H](O)C2CCCCC2)NC(=O)C12CCN(Cc1ccc(-c3ccc(Cl)cc3)o1)CC2. The quantitative estimate of drug-likeness (QED) is 0.491. The Labute approximate surface area is 230 Å². The molecule has 38 heavy (non-hydrogen) atoms. The van der Waals surface area contributed by atoms with Gasteiger partial charge in [0, 0.05) is 30.2 Å². The summed E-state index contributed by atoms with van der Waals surface area (Å²) >= 11 is 6.01. The molecule has 5 rings (SSSR count). The lowest BCUT2D eigenvalue weighted by molar-refractivity contribution is -0.166. The zero-order chi connectivity index (χ0) is 26.7. The fourth-order valence-corrected chi connectivity index (χ4v) is 6.62. The van der Waals surface area contributed by atoms with E-state index in [2.05, 4.69) is 17.1 Å². The van der Waals surface area contributed by atoms with Gasteiger partial charge in [-0.3, -0.25) is 14.5 Å². The van der Waals surface area contributed by atoms with Crippen LogP contribution in [0.5, 0.6) is 0 Å². The lowest BCUT2D eigenvalue weighted by Gasteiger charge is -2.52. The number of carbonyl (C=O) groups excluding carboxylic acids is 2. The van der Waals surface area contributed by atoms with Crippen LogP contribution in [0.25, 0.3) is 11.3 Å². The number of piperidine rings is 1. The van der Waals surface area contributed by atoms with E-state index in [1.54, 1.807) is 0 Å². The molecule has 1 aliphatic carbocycles. The Morgan fingerprint density at radius 3 is 2.47 bits per heavy atom. The number of unbranched alkanes of at least 4 members (excludes halogenated alkanes) is 1. The van der Waals surface area contributed by atoms with Crippen molar-refractivity contribution in [2.45, 2.75) is 88.9 Å². The van der Waals surface area contributed by atoms with Crippen molar-refractivity contribution in [3.8, 4) is 11.3 Å². The summed E-state index contributed by atoms with van der Waals surface area (Å²) in [5, 5.41) is 14.8. The molecule has 2 aliphatic heterocycles. The summed E-state index contributed by atoms with van der Waals surface area (Å²) < 4.78 is 6.10. The summed E-state index contributed by atoms with van der Waals surface area (Å²) in [6.07, 6.45) is 7.29. The van der Waals surface area contributed by atoms with Gasteiger partial charge in [0.1, 0.15) is 23.1 Å². The predicted molar refractivity (Wildman–Crippen MR) is 148 cm³/mol. The van der Waals surface area contributed by atoms with Crippen molar-refractivity contribution in [2.75, 3.05) is 19.6 Å². The highest BCUT2D eigenvalue weighted by Gasteiger charge is 2.55. The molecular formula is C30H40ClN3O4. The van der Waals surface area contributed by atoms with Crippen LogP contribution in [0.1, 0.15) is 70.5 Å². The van der Waals surface area contributed by atoms with E-state index in [1.807, 2.05) is 41.3 Å². The van der Waals surface area contributed by atoms with Gasteiger partial charge in [0.25, 0.3) is 0 Å². The van der Waals surface area contributed by atoms with Crippen LogP contribution >= 0.6 is 11.6 Å². The second-order valence-corrected chi connectivity index (χ2v) is 11.7. The number of piperazine rings is 1. The standard InChI is InChI=1S/C30H40ClN3O4/c1-2-3-17-34-28(36)26(27(35)22-7-5-4-6-8-22)32-29(37)30(34)15-18-33(19-16-30)20-24-13-14-25(38-24)21-9-11-23(31)12-10-21/h9-14,22,26-27,35H,2-8,15-20H2,1H3,(H,32,37)/t26-,27-/m1/s1. The van der Waals surface area contributed by atoms with Crippen molar-refractivity contribution in [1.29, 1.82) is 0 Å². The number of carbonyl (C=O) groups is 2. The molecule has 7 nitrogen and oxygen atoms in total. The van der Waals surface area contributed by atoms with Crippen molar-refractivity contribution in [2.24, 2.45) is 5.92 Å². The highest BCUT2D eigenvalue weighted by atomic mass is 35.5. The first-order chi connectivity index (χ1) is 18.4. The van der Waals surface area contributed by atoms with Crippen molar-refractivity contribution >= 4 is 23.4 Å². The second-order valence-electron chi connectivity index (χ2n) is 11.3. The van der Waals surface area contributed by atoms with Crippen molar-refractivity contribution < 1.29 is 19.1 Å². The first-order valence-electron chi connectivity index (χ1n) is 14.3. The molecule has 3 fully saturated rings. The van der Waals surface area contributed by atoms with Gasteiger partial charge >= 0.3 is 0 Å². The molecule has 1 saturated carbocycles. The number of furan rings is 1. The molecule has 2 N–H and O–H groups in total. The van der Waals surface area contributed by atoms with Crippen molar-refractivity contribution in [1.82, 2.24) is 15.1 Å². The third-order valence-corrected chi connectivity index (χ3v) is 9.07. The molecule has 3 aliphatic rings. The lowest BCUT2D eigenvalue weighted by atomic mass is 9.78. The van der Waals surface area contributed by atoms with Gasteiger partial charge in [-0.2, -0.15) is 0 Å². The van der Waals surface area contributed by atoms with Crippen LogP contribution in [0.2, 0.25) is 5.02 Å². The molecule has 8 heteroatoms. The van der Waals surface area contributed by atoms with Crippen LogP contribution in [0.3, 0.4) is 0 Å². The number of halogens is 1. The number of nitrogens with zero attached hydrogens (tertiary/aromatic N) is 2. The number of aliphatic hydroxyl groups excluding tert-OH is 1. The number of rotatable bonds is 8. The van der Waals surface area contributed by atoms with Gasteiger partial charge in [-0.15, -0.1) is 0 Å². The fourth-order valence-electron chi connectivity index (χ4n) is 6.49. The van der Waals surface area contributed by atoms with Gasteiger partial charge in [0.2, 0.25) is 11.8 Å². The van der Waals surface area contributed by atoms with Crippen LogP contribution in [0, 0.1) is 5.92 Å². The van der Waals surface area contributed by atoms with Gasteiger partial charge < -0.3 is 19.7 Å². The summed E-state index contributed by atoms with van der Waals surface area (Å²) in [6.45, 7) is 4.68. The fraction of sp³-hybridized carbons (Fsp3) is 0.600. The smallest absolute Gasteiger partial charge is 0.248 e.